The summed E-state index contributed by atoms with van der Waals surface area (Å²) in [4.78, 5) is 38.1. The minimum absolute atomic E-state index is 0.378. The highest BCUT2D eigenvalue weighted by atomic mass is 16.7. The number of benzene rings is 3. The Morgan fingerprint density at radius 2 is 0.977 bits per heavy atom. The topological polar surface area (TPSA) is 290 Å². The van der Waals surface area contributed by atoms with E-state index in [0.29, 0.717) is 0 Å². The number of aromatic hydroxyl groups is 9. The fourth-order valence-electron chi connectivity index (χ4n) is 4.08. The van der Waals surface area contributed by atoms with Crippen LogP contribution in [-0.2, 0) is 18.9 Å². The summed E-state index contributed by atoms with van der Waals surface area (Å²) in [6.45, 7) is -0.631. The van der Waals surface area contributed by atoms with Crippen LogP contribution in [0.3, 0.4) is 0 Å². The summed E-state index contributed by atoms with van der Waals surface area (Å²) in [6, 6.07) is 4.57. The molecule has 3 aromatic rings. The number of carbonyl (C=O) groups is 3. The molecule has 0 bridgehead atoms. The third-order valence-electron chi connectivity index (χ3n) is 6.29. The lowest BCUT2D eigenvalue weighted by Crippen LogP contribution is -2.53. The summed E-state index contributed by atoms with van der Waals surface area (Å²) in [7, 11) is 0. The fraction of sp³-hybridized carbons (Fsp3) is 0.222. The highest BCUT2D eigenvalue weighted by molar-refractivity contribution is 5.92. The van der Waals surface area contributed by atoms with Crippen molar-refractivity contribution in [3.05, 3.63) is 53.1 Å². The number of ether oxygens (including phenoxy) is 4. The molecule has 0 unspecified atom stereocenters. The monoisotopic (exact) mass is 620 g/mol. The predicted molar refractivity (Wildman–Crippen MR) is 138 cm³/mol. The van der Waals surface area contributed by atoms with Gasteiger partial charge >= 0.3 is 17.9 Å². The van der Waals surface area contributed by atoms with Crippen LogP contribution >= 0.6 is 0 Å². The summed E-state index contributed by atoms with van der Waals surface area (Å²) in [6.07, 6.45) is -7.12. The Kier molecular flexibility index (Phi) is 8.63. The van der Waals surface area contributed by atoms with Gasteiger partial charge < -0.3 is 70.0 Å². The third-order valence-corrected chi connectivity index (χ3v) is 6.29. The van der Waals surface area contributed by atoms with Crippen molar-refractivity contribution in [3.63, 3.8) is 0 Å². The summed E-state index contributed by atoms with van der Waals surface area (Å²) in [5.41, 5.74) is -1.36. The molecular formula is C27H24O17. The normalized spacial score (nSPS) is 19.6. The van der Waals surface area contributed by atoms with Gasteiger partial charge in [0.1, 0.15) is 12.7 Å². The number of rotatable bonds is 7. The second-order valence-electron chi connectivity index (χ2n) is 9.39. The molecule has 3 aromatic carbocycles. The van der Waals surface area contributed by atoms with Gasteiger partial charge in [0.15, 0.2) is 64.1 Å². The average molecular weight is 620 g/mol. The van der Waals surface area contributed by atoms with Crippen LogP contribution in [0.5, 0.6) is 51.7 Å². The summed E-state index contributed by atoms with van der Waals surface area (Å²) >= 11 is 0. The Labute approximate surface area is 245 Å². The van der Waals surface area contributed by atoms with Gasteiger partial charge in [0.2, 0.25) is 0 Å². The number of hydrogen-bond acceptors (Lipinski definition) is 17. The zero-order valence-electron chi connectivity index (χ0n) is 22.0. The first kappa shape index (κ1) is 31.1. The van der Waals surface area contributed by atoms with Gasteiger partial charge in [-0.25, -0.2) is 14.4 Å². The summed E-state index contributed by atoms with van der Waals surface area (Å²) in [5, 5.41) is 97.4. The molecule has 1 saturated heterocycles. The molecule has 0 radical (unpaired) electrons. The van der Waals surface area contributed by atoms with Crippen LogP contribution in [0.1, 0.15) is 37.5 Å². The molecule has 17 heteroatoms. The molecule has 0 saturated carbocycles. The SMILES string of the molecule is O=C(OC[C@@H]1C[C@H](OC(=O)c2cc(O)c(O)c(O)c2)[C@@H](OC(=O)c2cc(O)c(O)c(O)c2)[C@@H](O)O1)c1cc(O)c(O)c(O)c1. The average Bonchev–Trinajstić information content (AvgIpc) is 2.96. The van der Waals surface area contributed by atoms with Crippen LogP contribution in [0, 0.1) is 0 Å². The van der Waals surface area contributed by atoms with Crippen molar-refractivity contribution in [3.8, 4) is 51.7 Å². The Morgan fingerprint density at radius 3 is 1.39 bits per heavy atom. The van der Waals surface area contributed by atoms with Crippen molar-refractivity contribution in [2.75, 3.05) is 6.61 Å². The predicted octanol–water partition coefficient (Wildman–Crippen LogP) is 0.752. The van der Waals surface area contributed by atoms with Gasteiger partial charge in [-0.05, 0) is 36.4 Å². The number of phenolic OH excluding ortho intramolecular Hbond substituents is 9. The Balaban J connectivity index is 1.55. The van der Waals surface area contributed by atoms with Crippen LogP contribution in [0.4, 0.5) is 0 Å². The van der Waals surface area contributed by atoms with Crippen LogP contribution in [0.15, 0.2) is 36.4 Å². The highest BCUT2D eigenvalue weighted by Crippen LogP contribution is 2.38. The van der Waals surface area contributed by atoms with Gasteiger partial charge in [-0.2, -0.15) is 0 Å². The molecule has 4 rings (SSSR count). The van der Waals surface area contributed by atoms with E-state index in [2.05, 4.69) is 0 Å². The number of aliphatic hydroxyl groups is 1. The lowest BCUT2D eigenvalue weighted by Gasteiger charge is -2.38. The molecule has 1 fully saturated rings. The van der Waals surface area contributed by atoms with Crippen LogP contribution in [0.2, 0.25) is 0 Å². The first-order chi connectivity index (χ1) is 20.7. The van der Waals surface area contributed by atoms with Crippen molar-refractivity contribution in [2.45, 2.75) is 31.0 Å². The first-order valence-corrected chi connectivity index (χ1v) is 12.3. The van der Waals surface area contributed by atoms with Gasteiger partial charge in [0, 0.05) is 6.42 Å². The minimum Gasteiger partial charge on any atom is -0.504 e. The lowest BCUT2D eigenvalue weighted by atomic mass is 10.0. The zero-order valence-corrected chi connectivity index (χ0v) is 22.0. The van der Waals surface area contributed by atoms with Gasteiger partial charge in [-0.15, -0.1) is 0 Å². The van der Waals surface area contributed by atoms with E-state index < -0.39 is 118 Å². The number of phenols is 9. The lowest BCUT2D eigenvalue weighted by molar-refractivity contribution is -0.251. The van der Waals surface area contributed by atoms with Crippen molar-refractivity contribution in [2.24, 2.45) is 0 Å². The van der Waals surface area contributed by atoms with Crippen molar-refractivity contribution in [1.82, 2.24) is 0 Å². The molecule has 0 aliphatic carbocycles. The van der Waals surface area contributed by atoms with Crippen molar-refractivity contribution < 1.29 is 84.4 Å². The minimum atomic E-state index is -2.06. The van der Waals surface area contributed by atoms with E-state index in [1.165, 1.54) is 0 Å². The molecule has 44 heavy (non-hydrogen) atoms. The molecule has 1 aliphatic heterocycles. The molecule has 4 atom stereocenters. The quantitative estimate of drug-likeness (QED) is 0.0990. The summed E-state index contributed by atoms with van der Waals surface area (Å²) < 4.78 is 21.0. The number of carbonyl (C=O) groups excluding carboxylic acids is 3. The Hall–Kier alpha value is -5.81. The van der Waals surface area contributed by atoms with Gasteiger partial charge in [-0.1, -0.05) is 0 Å². The fourth-order valence-corrected chi connectivity index (χ4v) is 4.08. The van der Waals surface area contributed by atoms with E-state index in [0.717, 1.165) is 36.4 Å². The van der Waals surface area contributed by atoms with Gasteiger partial charge in [0.05, 0.1) is 22.8 Å². The highest BCUT2D eigenvalue weighted by Gasteiger charge is 2.44. The second kappa shape index (κ2) is 12.2. The number of aliphatic hydroxyl groups excluding tert-OH is 1. The maximum atomic E-state index is 12.9. The molecule has 1 aliphatic rings. The van der Waals surface area contributed by atoms with E-state index in [-0.39, 0.29) is 5.56 Å². The van der Waals surface area contributed by atoms with Crippen LogP contribution in [-0.4, -0.2) is 100 Å². The Bertz CT molecular complexity index is 1550. The standard InChI is InChI=1S/C27H24O17/c28-13-1-9(2-14(29)20(13)34)24(37)41-8-12-7-19(43-25(38)10-3-15(30)21(35)16(31)4-10)23(27(40)42-12)44-26(39)11-5-17(32)22(36)18(33)6-11/h1-6,12,19,23,27-36,40H,7-8H2/t12-,19-,23+,27-/m0/s1. The van der Waals surface area contributed by atoms with E-state index in [1.807, 2.05) is 0 Å². The molecular weight excluding hydrogens is 596 g/mol. The Morgan fingerprint density at radius 1 is 0.614 bits per heavy atom. The summed E-state index contributed by atoms with van der Waals surface area (Å²) in [5.74, 6) is -11.5. The van der Waals surface area contributed by atoms with Gasteiger partial charge in [0.25, 0.3) is 0 Å². The molecule has 0 amide bonds. The number of esters is 3. The van der Waals surface area contributed by atoms with Gasteiger partial charge in [-0.3, -0.25) is 0 Å². The van der Waals surface area contributed by atoms with Crippen LogP contribution in [0.25, 0.3) is 0 Å². The largest absolute Gasteiger partial charge is 0.504 e. The van der Waals surface area contributed by atoms with E-state index in [1.54, 1.807) is 0 Å². The molecule has 0 aromatic heterocycles. The smallest absolute Gasteiger partial charge is 0.339 e. The van der Waals surface area contributed by atoms with Crippen LogP contribution < -0.4 is 0 Å². The second-order valence-corrected chi connectivity index (χ2v) is 9.39. The van der Waals surface area contributed by atoms with Crippen molar-refractivity contribution >= 4 is 17.9 Å². The van der Waals surface area contributed by atoms with Crippen molar-refractivity contribution in [1.29, 1.82) is 0 Å². The molecule has 234 valence electrons. The molecule has 17 nitrogen and oxygen atoms in total. The maximum absolute atomic E-state index is 12.9. The molecule has 0 spiro atoms. The zero-order chi connectivity index (χ0) is 32.5. The number of hydrogen-bond donors (Lipinski definition) is 10. The maximum Gasteiger partial charge on any atom is 0.339 e. The van der Waals surface area contributed by atoms with E-state index in [4.69, 9.17) is 18.9 Å². The van der Waals surface area contributed by atoms with E-state index in [9.17, 15) is 65.4 Å². The molecule has 1 heterocycles. The van der Waals surface area contributed by atoms with E-state index >= 15 is 0 Å². The molecule has 10 N–H and O–H groups in total. The first-order valence-electron chi connectivity index (χ1n) is 12.3. The third kappa shape index (κ3) is 6.48.